The number of nitrogens with one attached hydrogen (secondary N) is 2. The van der Waals surface area contributed by atoms with Crippen LogP contribution in [0.5, 0.6) is 0 Å². The molecule has 1 aromatic heterocycles. The van der Waals surface area contributed by atoms with Crippen molar-refractivity contribution in [2.75, 3.05) is 25.0 Å². The van der Waals surface area contributed by atoms with Gasteiger partial charge in [-0.3, -0.25) is 9.59 Å². The molecule has 1 unspecified atom stereocenters. The third-order valence-corrected chi connectivity index (χ3v) is 6.03. The number of amides is 2. The minimum absolute atomic E-state index is 0.106. The summed E-state index contributed by atoms with van der Waals surface area (Å²) >= 11 is 1.35. The number of aromatic nitrogens is 1. The van der Waals surface area contributed by atoms with Gasteiger partial charge in [0.25, 0.3) is 5.91 Å². The van der Waals surface area contributed by atoms with Crippen LogP contribution in [0.1, 0.15) is 29.6 Å². The van der Waals surface area contributed by atoms with Crippen molar-refractivity contribution in [2.24, 2.45) is 5.92 Å². The van der Waals surface area contributed by atoms with Crippen LogP contribution in [0.25, 0.3) is 10.4 Å². The van der Waals surface area contributed by atoms with E-state index >= 15 is 0 Å². The molecule has 0 radical (unpaired) electrons. The lowest BCUT2D eigenvalue weighted by atomic mass is 9.97. The lowest BCUT2D eigenvalue weighted by Gasteiger charge is -2.30. The summed E-state index contributed by atoms with van der Waals surface area (Å²) in [5.74, 6) is 0.484. The number of para-hydroxylation sites is 1. The van der Waals surface area contributed by atoms with E-state index in [2.05, 4.69) is 20.5 Å². The summed E-state index contributed by atoms with van der Waals surface area (Å²) in [6.45, 7) is 4.74. The molecule has 6 nitrogen and oxygen atoms in total. The summed E-state index contributed by atoms with van der Waals surface area (Å²) in [6.07, 6.45) is 4.01. The monoisotopic (exact) mass is 370 g/mol. The molecule has 3 atom stereocenters. The van der Waals surface area contributed by atoms with Gasteiger partial charge in [-0.15, -0.1) is 11.3 Å². The van der Waals surface area contributed by atoms with E-state index in [1.165, 1.54) is 31.2 Å². The van der Waals surface area contributed by atoms with Gasteiger partial charge < -0.3 is 15.5 Å². The standard InChI is InChI=1S/C19H22N4O2S/c1-12(24)21-16-5-3-2-4-15(16)17-9-20-19(26-17)18(25)22-14-8-13-6-7-23(10-13)11-14/h2-5,9,13-14H,6-8,10-11H2,1H3,(H,21,24)(H,22,25)/t13-,14-/m1/s1. The first-order chi connectivity index (χ1) is 12.6. The van der Waals surface area contributed by atoms with E-state index in [1.54, 1.807) is 6.20 Å². The van der Waals surface area contributed by atoms with Crippen molar-refractivity contribution in [2.45, 2.75) is 25.8 Å². The van der Waals surface area contributed by atoms with Crippen molar-refractivity contribution >= 4 is 28.8 Å². The van der Waals surface area contributed by atoms with Gasteiger partial charge in [0.15, 0.2) is 5.01 Å². The topological polar surface area (TPSA) is 74.3 Å². The maximum Gasteiger partial charge on any atom is 0.280 e. The van der Waals surface area contributed by atoms with Crippen LogP contribution in [0.4, 0.5) is 5.69 Å². The molecule has 2 bridgehead atoms. The Bertz CT molecular complexity index is 822. The summed E-state index contributed by atoms with van der Waals surface area (Å²) in [5, 5.41) is 6.44. The molecule has 2 N–H and O–H groups in total. The average molecular weight is 370 g/mol. The molecule has 4 rings (SSSR count). The van der Waals surface area contributed by atoms with E-state index in [4.69, 9.17) is 0 Å². The lowest BCUT2D eigenvalue weighted by Crippen LogP contribution is -2.46. The molecule has 2 aliphatic heterocycles. The number of fused-ring (bicyclic) bond motifs is 2. The highest BCUT2D eigenvalue weighted by Crippen LogP contribution is 2.32. The van der Waals surface area contributed by atoms with Crippen molar-refractivity contribution < 1.29 is 9.59 Å². The fourth-order valence-electron chi connectivity index (χ4n) is 3.91. The molecule has 2 amide bonds. The maximum absolute atomic E-state index is 12.6. The van der Waals surface area contributed by atoms with Crippen molar-refractivity contribution in [1.29, 1.82) is 0 Å². The Morgan fingerprint density at radius 2 is 2.12 bits per heavy atom. The number of benzene rings is 1. The van der Waals surface area contributed by atoms with Crippen molar-refractivity contribution in [3.05, 3.63) is 35.5 Å². The second kappa shape index (κ2) is 7.17. The zero-order valence-corrected chi connectivity index (χ0v) is 15.5. The third kappa shape index (κ3) is 3.64. The summed E-state index contributed by atoms with van der Waals surface area (Å²) in [6, 6.07) is 7.76. The first-order valence-electron chi connectivity index (χ1n) is 8.94. The Labute approximate surface area is 156 Å². The van der Waals surface area contributed by atoms with Crippen LogP contribution < -0.4 is 10.6 Å². The lowest BCUT2D eigenvalue weighted by molar-refractivity contribution is -0.114. The second-order valence-electron chi connectivity index (χ2n) is 7.08. The number of rotatable bonds is 4. The van der Waals surface area contributed by atoms with Crippen LogP contribution in [0.2, 0.25) is 0 Å². The van der Waals surface area contributed by atoms with Gasteiger partial charge in [-0.25, -0.2) is 4.98 Å². The van der Waals surface area contributed by atoms with Crippen LogP contribution in [0.15, 0.2) is 30.5 Å². The number of hydrogen-bond donors (Lipinski definition) is 2. The predicted molar refractivity (Wildman–Crippen MR) is 102 cm³/mol. The van der Waals surface area contributed by atoms with Crippen LogP contribution in [0, 0.1) is 5.92 Å². The van der Waals surface area contributed by atoms with E-state index < -0.39 is 0 Å². The van der Waals surface area contributed by atoms with Gasteiger partial charge >= 0.3 is 0 Å². The number of thiazole rings is 1. The van der Waals surface area contributed by atoms with Crippen LogP contribution in [0.3, 0.4) is 0 Å². The van der Waals surface area contributed by atoms with Gasteiger partial charge in [-0.1, -0.05) is 18.2 Å². The molecule has 0 aliphatic carbocycles. The molecular formula is C19H22N4O2S. The third-order valence-electron chi connectivity index (χ3n) is 5.00. The molecule has 2 aliphatic rings. The predicted octanol–water partition coefficient (Wildman–Crippen LogP) is 2.59. The minimum Gasteiger partial charge on any atom is -0.346 e. The van der Waals surface area contributed by atoms with Gasteiger partial charge in [0, 0.05) is 43.5 Å². The second-order valence-corrected chi connectivity index (χ2v) is 8.11. The molecule has 136 valence electrons. The van der Waals surface area contributed by atoms with Gasteiger partial charge in [-0.2, -0.15) is 0 Å². The molecule has 3 heterocycles. The molecule has 0 saturated carbocycles. The molecular weight excluding hydrogens is 348 g/mol. The van der Waals surface area contributed by atoms with E-state index in [0.717, 1.165) is 35.6 Å². The number of nitrogens with zero attached hydrogens (tertiary/aromatic N) is 2. The van der Waals surface area contributed by atoms with Crippen LogP contribution >= 0.6 is 11.3 Å². The summed E-state index contributed by atoms with van der Waals surface area (Å²) in [5.41, 5.74) is 1.60. The van der Waals surface area contributed by atoms with E-state index in [9.17, 15) is 9.59 Å². The normalized spacial score (nSPS) is 24.3. The number of anilines is 1. The zero-order chi connectivity index (χ0) is 18.1. The SMILES string of the molecule is CC(=O)Nc1ccccc1-c1cnc(C(=O)N[C@@H]2C[C@H]3CCN(C3)C2)s1. The Hall–Kier alpha value is -2.25. The van der Waals surface area contributed by atoms with Crippen molar-refractivity contribution in [3.63, 3.8) is 0 Å². The van der Waals surface area contributed by atoms with Crippen LogP contribution in [-0.4, -0.2) is 47.4 Å². The van der Waals surface area contributed by atoms with Gasteiger partial charge in [-0.05, 0) is 31.4 Å². The maximum atomic E-state index is 12.6. The number of carbonyl (C=O) groups excluding carboxylic acids is 2. The number of carbonyl (C=O) groups is 2. The molecule has 26 heavy (non-hydrogen) atoms. The molecule has 1 aromatic carbocycles. The smallest absolute Gasteiger partial charge is 0.280 e. The first kappa shape index (κ1) is 17.2. The quantitative estimate of drug-likeness (QED) is 0.868. The molecule has 2 fully saturated rings. The summed E-state index contributed by atoms with van der Waals surface area (Å²) in [7, 11) is 0. The van der Waals surface area contributed by atoms with Gasteiger partial charge in [0.05, 0.1) is 4.88 Å². The van der Waals surface area contributed by atoms with Crippen molar-refractivity contribution in [3.8, 4) is 10.4 Å². The van der Waals surface area contributed by atoms with Gasteiger partial charge in [0.2, 0.25) is 5.91 Å². The largest absolute Gasteiger partial charge is 0.346 e. The Morgan fingerprint density at radius 3 is 2.92 bits per heavy atom. The molecule has 7 heteroatoms. The minimum atomic E-state index is -0.123. The average Bonchev–Trinajstić information content (AvgIpc) is 3.22. The number of piperidine rings is 1. The van der Waals surface area contributed by atoms with E-state index in [0.29, 0.717) is 10.9 Å². The van der Waals surface area contributed by atoms with Gasteiger partial charge in [0.1, 0.15) is 0 Å². The van der Waals surface area contributed by atoms with E-state index in [-0.39, 0.29) is 17.9 Å². The highest BCUT2D eigenvalue weighted by Gasteiger charge is 2.33. The van der Waals surface area contributed by atoms with E-state index in [1.807, 2.05) is 24.3 Å². The Balaban J connectivity index is 1.48. The highest BCUT2D eigenvalue weighted by atomic mass is 32.1. The van der Waals surface area contributed by atoms with Crippen LogP contribution in [-0.2, 0) is 4.79 Å². The first-order valence-corrected chi connectivity index (χ1v) is 9.76. The van der Waals surface area contributed by atoms with Crippen molar-refractivity contribution in [1.82, 2.24) is 15.2 Å². The zero-order valence-electron chi connectivity index (χ0n) is 14.7. The molecule has 2 saturated heterocycles. The summed E-state index contributed by atoms with van der Waals surface area (Å²) in [4.78, 5) is 31.6. The number of hydrogen-bond acceptors (Lipinski definition) is 5. The molecule has 2 aromatic rings. The fraction of sp³-hybridized carbons (Fsp3) is 0.421. The molecule has 0 spiro atoms. The Morgan fingerprint density at radius 1 is 1.27 bits per heavy atom. The Kier molecular flexibility index (Phi) is 4.74. The summed E-state index contributed by atoms with van der Waals surface area (Å²) < 4.78 is 0. The fourth-order valence-corrected chi connectivity index (χ4v) is 4.77. The highest BCUT2D eigenvalue weighted by molar-refractivity contribution is 7.17.